The first-order valence-corrected chi connectivity index (χ1v) is 13.3. The van der Waals surface area contributed by atoms with Gasteiger partial charge in [0, 0.05) is 24.5 Å². The third-order valence-electron chi connectivity index (χ3n) is 8.05. The van der Waals surface area contributed by atoms with Crippen LogP contribution in [0.1, 0.15) is 72.4 Å². The van der Waals surface area contributed by atoms with Crippen molar-refractivity contribution >= 4 is 22.8 Å². The summed E-state index contributed by atoms with van der Waals surface area (Å²) in [6.45, 7) is 2.62. The first kappa shape index (κ1) is 27.2. The van der Waals surface area contributed by atoms with Crippen molar-refractivity contribution in [2.75, 3.05) is 13.7 Å². The second kappa shape index (κ2) is 11.0. The molecule has 5 rings (SSSR count). The van der Waals surface area contributed by atoms with E-state index in [4.69, 9.17) is 14.6 Å². The van der Waals surface area contributed by atoms with E-state index in [0.29, 0.717) is 36.8 Å². The van der Waals surface area contributed by atoms with Gasteiger partial charge in [0.1, 0.15) is 0 Å². The van der Waals surface area contributed by atoms with Gasteiger partial charge in [0.05, 0.1) is 18.2 Å². The van der Waals surface area contributed by atoms with Gasteiger partial charge in [-0.15, -0.1) is 0 Å². The minimum absolute atomic E-state index is 0.0969. The second-order valence-electron chi connectivity index (χ2n) is 10.5. The van der Waals surface area contributed by atoms with Crippen molar-refractivity contribution in [3.63, 3.8) is 0 Å². The number of ether oxygens (including phenoxy) is 2. The Bertz CT molecular complexity index is 1350. The fourth-order valence-corrected chi connectivity index (χ4v) is 5.62. The summed E-state index contributed by atoms with van der Waals surface area (Å²) in [5, 5.41) is 8.50. The highest BCUT2D eigenvalue weighted by atomic mass is 19.4. The minimum atomic E-state index is -4.40. The predicted octanol–water partition coefficient (Wildman–Crippen LogP) is 5.66. The van der Waals surface area contributed by atoms with Gasteiger partial charge in [0.2, 0.25) is 0 Å². The van der Waals surface area contributed by atoms with Crippen molar-refractivity contribution in [2.24, 2.45) is 11.8 Å². The highest BCUT2D eigenvalue weighted by molar-refractivity contribution is 6.06. The van der Waals surface area contributed by atoms with E-state index >= 15 is 0 Å². The van der Waals surface area contributed by atoms with Gasteiger partial charge in [-0.2, -0.15) is 18.3 Å². The van der Waals surface area contributed by atoms with Crippen LogP contribution in [0.2, 0.25) is 0 Å². The number of amides is 1. The maximum atomic E-state index is 13.6. The quantitative estimate of drug-likeness (QED) is 0.389. The zero-order valence-corrected chi connectivity index (χ0v) is 22.0. The second-order valence-corrected chi connectivity index (χ2v) is 10.5. The van der Waals surface area contributed by atoms with E-state index in [1.807, 2.05) is 25.1 Å². The Kier molecular flexibility index (Phi) is 7.66. The molecule has 0 radical (unpaired) electrons. The van der Waals surface area contributed by atoms with Crippen molar-refractivity contribution in [1.82, 2.24) is 15.1 Å². The highest BCUT2D eigenvalue weighted by Gasteiger charge is 2.40. The molecule has 1 aliphatic carbocycles. The number of hydrogen-bond acceptors (Lipinski definition) is 5. The number of methoxy groups -OCH3 is 1. The number of rotatable bonds is 7. The molecule has 1 aromatic heterocycles. The highest BCUT2D eigenvalue weighted by Crippen LogP contribution is 2.38. The number of alkyl halides is 3. The number of esters is 1. The van der Waals surface area contributed by atoms with Crippen molar-refractivity contribution < 1.29 is 32.2 Å². The van der Waals surface area contributed by atoms with Crippen LogP contribution in [0.4, 0.5) is 13.2 Å². The summed E-state index contributed by atoms with van der Waals surface area (Å²) in [7, 11) is 1.37. The van der Waals surface area contributed by atoms with Gasteiger partial charge in [-0.05, 0) is 73.3 Å². The lowest BCUT2D eigenvalue weighted by Gasteiger charge is -2.42. The van der Waals surface area contributed by atoms with Crippen molar-refractivity contribution in [1.29, 1.82) is 0 Å². The van der Waals surface area contributed by atoms with E-state index in [9.17, 15) is 22.8 Å². The summed E-state index contributed by atoms with van der Waals surface area (Å²) in [5.41, 5.74) is 1.81. The minimum Gasteiger partial charge on any atom is -0.469 e. The zero-order valence-electron chi connectivity index (χ0n) is 22.0. The molecule has 1 N–H and O–H groups in total. The fourth-order valence-electron chi connectivity index (χ4n) is 5.62. The molecule has 208 valence electrons. The summed E-state index contributed by atoms with van der Waals surface area (Å²) in [4.78, 5) is 25.3. The Morgan fingerprint density at radius 1 is 1.15 bits per heavy atom. The summed E-state index contributed by atoms with van der Waals surface area (Å²) >= 11 is 0. The number of halogens is 3. The van der Waals surface area contributed by atoms with Crippen LogP contribution < -0.4 is 5.32 Å². The number of fused-ring (bicyclic) bond motifs is 1. The van der Waals surface area contributed by atoms with Crippen LogP contribution >= 0.6 is 0 Å². The molecule has 7 nitrogen and oxygen atoms in total. The SMILES string of the molecule is COC(=O)CC1CC(NC(=O)c2nn(C3CCCCO3)c3cccc(Cc4ccc(C(F)(F)F)cc4)c23)C1C. The van der Waals surface area contributed by atoms with Crippen LogP contribution in [0, 0.1) is 11.8 Å². The molecular formula is C29H32F3N3O4. The van der Waals surface area contributed by atoms with E-state index in [2.05, 4.69) is 5.32 Å². The number of carbonyl (C=O) groups excluding carboxylic acids is 2. The summed E-state index contributed by atoms with van der Waals surface area (Å²) < 4.78 is 51.7. The zero-order chi connectivity index (χ0) is 27.7. The topological polar surface area (TPSA) is 82.5 Å². The molecule has 4 unspecified atom stereocenters. The van der Waals surface area contributed by atoms with Gasteiger partial charge in [-0.3, -0.25) is 9.59 Å². The summed E-state index contributed by atoms with van der Waals surface area (Å²) in [6.07, 6.45) is -0.642. The molecule has 1 amide bonds. The van der Waals surface area contributed by atoms with Gasteiger partial charge in [0.25, 0.3) is 5.91 Å². The van der Waals surface area contributed by atoms with E-state index in [1.54, 1.807) is 4.68 Å². The maximum Gasteiger partial charge on any atom is 0.416 e. The van der Waals surface area contributed by atoms with E-state index in [1.165, 1.54) is 19.2 Å². The molecule has 39 heavy (non-hydrogen) atoms. The Morgan fingerprint density at radius 2 is 1.92 bits per heavy atom. The van der Waals surface area contributed by atoms with Gasteiger partial charge < -0.3 is 14.8 Å². The molecule has 3 aromatic rings. The van der Waals surface area contributed by atoms with Crippen LogP contribution in [0.25, 0.3) is 10.9 Å². The molecule has 1 aliphatic heterocycles. The van der Waals surface area contributed by atoms with E-state index in [-0.39, 0.29) is 41.7 Å². The predicted molar refractivity (Wildman–Crippen MR) is 138 cm³/mol. The van der Waals surface area contributed by atoms with Gasteiger partial charge in [0.15, 0.2) is 11.9 Å². The molecule has 1 saturated carbocycles. The Labute approximate surface area is 224 Å². The molecule has 2 heterocycles. The Balaban J connectivity index is 1.45. The molecule has 0 bridgehead atoms. The number of hydrogen-bond donors (Lipinski definition) is 1. The summed E-state index contributed by atoms with van der Waals surface area (Å²) in [5.74, 6) is -0.331. The lowest BCUT2D eigenvalue weighted by molar-refractivity contribution is -0.143. The smallest absolute Gasteiger partial charge is 0.416 e. The van der Waals surface area contributed by atoms with Crippen LogP contribution in [0.15, 0.2) is 42.5 Å². The first-order valence-electron chi connectivity index (χ1n) is 13.3. The Morgan fingerprint density at radius 3 is 2.56 bits per heavy atom. The van der Waals surface area contributed by atoms with Crippen molar-refractivity contribution in [3.8, 4) is 0 Å². The largest absolute Gasteiger partial charge is 0.469 e. The van der Waals surface area contributed by atoms with Crippen LogP contribution in [0.3, 0.4) is 0 Å². The third kappa shape index (κ3) is 5.66. The molecule has 2 fully saturated rings. The molecule has 2 aliphatic rings. The number of nitrogens with one attached hydrogen (secondary N) is 1. The normalized spacial score (nSPS) is 23.3. The summed E-state index contributed by atoms with van der Waals surface area (Å²) in [6, 6.07) is 10.6. The number of nitrogens with zero attached hydrogens (tertiary/aromatic N) is 2. The lowest BCUT2D eigenvalue weighted by Crippen LogP contribution is -2.51. The molecule has 0 spiro atoms. The Hall–Kier alpha value is -3.40. The van der Waals surface area contributed by atoms with Crippen molar-refractivity contribution in [2.45, 2.75) is 63.9 Å². The molecule has 1 saturated heterocycles. The van der Waals surface area contributed by atoms with Crippen LogP contribution in [-0.2, 0) is 26.9 Å². The molecule has 4 atom stereocenters. The number of benzene rings is 2. The van der Waals surface area contributed by atoms with Crippen LogP contribution in [-0.4, -0.2) is 41.4 Å². The fraction of sp³-hybridized carbons (Fsp3) is 0.483. The van der Waals surface area contributed by atoms with Crippen LogP contribution in [0.5, 0.6) is 0 Å². The van der Waals surface area contributed by atoms with Gasteiger partial charge in [-0.1, -0.05) is 31.2 Å². The van der Waals surface area contributed by atoms with E-state index in [0.717, 1.165) is 42.5 Å². The van der Waals surface area contributed by atoms with Crippen molar-refractivity contribution in [3.05, 3.63) is 64.8 Å². The third-order valence-corrected chi connectivity index (χ3v) is 8.05. The number of aromatic nitrogens is 2. The standard InChI is InChI=1S/C29H32F3N3O4/c1-17-20(16-25(36)38-2)15-22(17)33-28(37)27-26-19(14-18-9-11-21(12-10-18)29(30,31)32)6-5-7-23(26)35(34-27)24-8-3-4-13-39-24/h5-7,9-12,17,20,22,24H,3-4,8,13-16H2,1-2H3,(H,33,37). The first-order chi connectivity index (χ1) is 18.7. The molecular weight excluding hydrogens is 511 g/mol. The van der Waals surface area contributed by atoms with E-state index < -0.39 is 11.7 Å². The average molecular weight is 544 g/mol. The van der Waals surface area contributed by atoms with Gasteiger partial charge in [-0.25, -0.2) is 4.68 Å². The average Bonchev–Trinajstić information content (AvgIpc) is 3.33. The molecule has 2 aromatic carbocycles. The molecule has 10 heteroatoms. The monoisotopic (exact) mass is 543 g/mol. The lowest BCUT2D eigenvalue weighted by atomic mass is 9.68. The van der Waals surface area contributed by atoms with Gasteiger partial charge >= 0.3 is 12.1 Å². The maximum absolute atomic E-state index is 13.6. The number of carbonyl (C=O) groups is 2.